The number of para-hydroxylation sites is 1. The Morgan fingerprint density at radius 1 is 1.10 bits per heavy atom. The molecule has 0 saturated carbocycles. The molecule has 0 unspecified atom stereocenters. The molecule has 3 rings (SSSR count). The molecule has 1 aliphatic rings. The Kier molecular flexibility index (Phi) is 3.75. The fourth-order valence-electron chi connectivity index (χ4n) is 2.94. The van der Waals surface area contributed by atoms with E-state index in [2.05, 4.69) is 60.4 Å². The number of nitrogens with zero attached hydrogens (tertiary/aromatic N) is 1. The zero-order valence-corrected chi connectivity index (χ0v) is 12.0. The highest BCUT2D eigenvalue weighted by molar-refractivity contribution is 5.67. The zero-order valence-electron chi connectivity index (χ0n) is 12.0. The molecule has 0 fully saturated rings. The van der Waals surface area contributed by atoms with E-state index < -0.39 is 0 Å². The average Bonchev–Trinajstić information content (AvgIpc) is 2.54. The highest BCUT2D eigenvalue weighted by Crippen LogP contribution is 2.33. The molecule has 2 N–H and O–H groups in total. The Balaban J connectivity index is 1.91. The first-order chi connectivity index (χ1) is 9.79. The van der Waals surface area contributed by atoms with Crippen LogP contribution in [0.5, 0.6) is 0 Å². The molecular formula is C18H22N2. The minimum absolute atomic E-state index is 0.151. The summed E-state index contributed by atoms with van der Waals surface area (Å²) in [5, 5.41) is 0. The molecule has 0 aliphatic carbocycles. The van der Waals surface area contributed by atoms with Gasteiger partial charge in [0.25, 0.3) is 0 Å². The van der Waals surface area contributed by atoms with Crippen LogP contribution in [-0.4, -0.2) is 6.54 Å². The predicted molar refractivity (Wildman–Crippen MR) is 85.4 cm³/mol. The van der Waals surface area contributed by atoms with E-state index >= 15 is 0 Å². The molecule has 20 heavy (non-hydrogen) atoms. The van der Waals surface area contributed by atoms with E-state index in [4.69, 9.17) is 5.73 Å². The van der Waals surface area contributed by atoms with Gasteiger partial charge in [0, 0.05) is 24.0 Å². The number of rotatable bonds is 3. The van der Waals surface area contributed by atoms with Crippen LogP contribution in [0.2, 0.25) is 0 Å². The number of fused-ring (bicyclic) bond motifs is 1. The highest BCUT2D eigenvalue weighted by atomic mass is 15.1. The van der Waals surface area contributed by atoms with Crippen molar-refractivity contribution in [3.63, 3.8) is 0 Å². The van der Waals surface area contributed by atoms with Crippen molar-refractivity contribution in [3.05, 3.63) is 59.7 Å². The predicted octanol–water partition coefficient (Wildman–Crippen LogP) is 4.18. The molecule has 2 nitrogen and oxygen atoms in total. The van der Waals surface area contributed by atoms with Gasteiger partial charge >= 0.3 is 0 Å². The largest absolute Gasteiger partial charge is 0.341 e. The summed E-state index contributed by atoms with van der Waals surface area (Å²) in [6.07, 6.45) is 3.38. The minimum atomic E-state index is 0.151. The van der Waals surface area contributed by atoms with E-state index in [0.29, 0.717) is 0 Å². The summed E-state index contributed by atoms with van der Waals surface area (Å²) in [5.74, 6) is 0. The minimum Gasteiger partial charge on any atom is -0.341 e. The summed E-state index contributed by atoms with van der Waals surface area (Å²) < 4.78 is 0. The van der Waals surface area contributed by atoms with E-state index in [9.17, 15) is 0 Å². The molecule has 0 saturated heterocycles. The highest BCUT2D eigenvalue weighted by Gasteiger charge is 2.17. The molecule has 0 aromatic heterocycles. The first-order valence-corrected chi connectivity index (χ1v) is 7.50. The summed E-state index contributed by atoms with van der Waals surface area (Å²) in [6, 6.07) is 17.6. The van der Waals surface area contributed by atoms with Gasteiger partial charge in [-0.3, -0.25) is 0 Å². The number of hydrogen-bond donors (Lipinski definition) is 1. The number of aryl methyl sites for hydroxylation is 1. The molecule has 2 aromatic carbocycles. The van der Waals surface area contributed by atoms with Crippen molar-refractivity contribution in [1.82, 2.24) is 0 Å². The van der Waals surface area contributed by atoms with Crippen LogP contribution < -0.4 is 10.6 Å². The lowest BCUT2D eigenvalue weighted by Crippen LogP contribution is -2.24. The van der Waals surface area contributed by atoms with Gasteiger partial charge in [-0.1, -0.05) is 37.3 Å². The quantitative estimate of drug-likeness (QED) is 0.903. The lowest BCUT2D eigenvalue weighted by Gasteiger charge is -2.31. The Hall–Kier alpha value is -1.80. The lowest BCUT2D eigenvalue weighted by molar-refractivity contribution is 0.698. The van der Waals surface area contributed by atoms with Crippen molar-refractivity contribution < 1.29 is 0 Å². The van der Waals surface area contributed by atoms with Gasteiger partial charge in [0.2, 0.25) is 0 Å². The maximum absolute atomic E-state index is 6.09. The molecule has 0 spiro atoms. The average molecular weight is 266 g/mol. The van der Waals surface area contributed by atoms with Gasteiger partial charge in [-0.15, -0.1) is 0 Å². The van der Waals surface area contributed by atoms with Gasteiger partial charge < -0.3 is 10.6 Å². The Morgan fingerprint density at radius 3 is 2.60 bits per heavy atom. The molecule has 1 heterocycles. The van der Waals surface area contributed by atoms with Crippen molar-refractivity contribution in [2.75, 3.05) is 11.4 Å². The molecule has 1 atom stereocenters. The van der Waals surface area contributed by atoms with Crippen LogP contribution in [0.1, 0.15) is 36.9 Å². The van der Waals surface area contributed by atoms with Gasteiger partial charge in [-0.2, -0.15) is 0 Å². The van der Waals surface area contributed by atoms with E-state index in [1.807, 2.05) is 0 Å². The van der Waals surface area contributed by atoms with Gasteiger partial charge in [0.1, 0.15) is 0 Å². The Bertz CT molecular complexity index is 574. The fourth-order valence-corrected chi connectivity index (χ4v) is 2.94. The molecule has 2 aromatic rings. The third kappa shape index (κ3) is 2.44. The van der Waals surface area contributed by atoms with Crippen molar-refractivity contribution in [3.8, 4) is 0 Å². The summed E-state index contributed by atoms with van der Waals surface area (Å²) in [7, 11) is 0. The van der Waals surface area contributed by atoms with Crippen LogP contribution >= 0.6 is 0 Å². The van der Waals surface area contributed by atoms with Crippen molar-refractivity contribution >= 4 is 11.4 Å². The smallest absolute Gasteiger partial charge is 0.0443 e. The monoisotopic (exact) mass is 266 g/mol. The standard InChI is InChI=1S/C18H22N2/c1-2-17(19)14-9-11-16(12-10-14)20-13-5-7-15-6-3-4-8-18(15)20/h3-4,6,8-12,17H,2,5,7,13,19H2,1H3/t17-/m1/s1. The van der Waals surface area contributed by atoms with Crippen molar-refractivity contribution in [2.24, 2.45) is 5.73 Å². The first kappa shape index (κ1) is 13.2. The summed E-state index contributed by atoms with van der Waals surface area (Å²) in [5.41, 5.74) is 11.4. The van der Waals surface area contributed by atoms with Gasteiger partial charge in [-0.05, 0) is 48.6 Å². The van der Waals surface area contributed by atoms with Crippen LogP contribution in [-0.2, 0) is 6.42 Å². The van der Waals surface area contributed by atoms with E-state index in [1.54, 1.807) is 0 Å². The molecule has 0 bridgehead atoms. The van der Waals surface area contributed by atoms with E-state index in [0.717, 1.165) is 13.0 Å². The molecule has 104 valence electrons. The Morgan fingerprint density at radius 2 is 1.85 bits per heavy atom. The molecule has 0 radical (unpaired) electrons. The SMILES string of the molecule is CC[C@@H](N)c1ccc(N2CCCc3ccccc32)cc1. The number of anilines is 2. The molecule has 1 aliphatic heterocycles. The third-order valence-corrected chi connectivity index (χ3v) is 4.18. The normalized spacial score (nSPS) is 15.8. The van der Waals surface area contributed by atoms with Crippen molar-refractivity contribution in [2.45, 2.75) is 32.2 Å². The molecule has 0 amide bonds. The zero-order chi connectivity index (χ0) is 13.9. The number of benzene rings is 2. The lowest BCUT2D eigenvalue weighted by atomic mass is 10.00. The third-order valence-electron chi connectivity index (χ3n) is 4.18. The van der Waals surface area contributed by atoms with Crippen molar-refractivity contribution in [1.29, 1.82) is 0 Å². The topological polar surface area (TPSA) is 29.3 Å². The van der Waals surface area contributed by atoms with Gasteiger partial charge in [-0.25, -0.2) is 0 Å². The first-order valence-electron chi connectivity index (χ1n) is 7.50. The second-order valence-corrected chi connectivity index (χ2v) is 5.49. The maximum Gasteiger partial charge on any atom is 0.0443 e. The molecular weight excluding hydrogens is 244 g/mol. The van der Waals surface area contributed by atoms with Gasteiger partial charge in [0.15, 0.2) is 0 Å². The van der Waals surface area contributed by atoms with Crippen LogP contribution in [0.25, 0.3) is 0 Å². The Labute approximate surface area is 121 Å². The second kappa shape index (κ2) is 5.68. The van der Waals surface area contributed by atoms with E-state index in [1.165, 1.54) is 35.3 Å². The summed E-state index contributed by atoms with van der Waals surface area (Å²) >= 11 is 0. The van der Waals surface area contributed by atoms with Crippen LogP contribution in [0, 0.1) is 0 Å². The van der Waals surface area contributed by atoms with E-state index in [-0.39, 0.29) is 6.04 Å². The van der Waals surface area contributed by atoms with Gasteiger partial charge in [0.05, 0.1) is 0 Å². The fraction of sp³-hybridized carbons (Fsp3) is 0.333. The summed E-state index contributed by atoms with van der Waals surface area (Å²) in [4.78, 5) is 2.42. The molecule has 2 heteroatoms. The summed E-state index contributed by atoms with van der Waals surface area (Å²) in [6.45, 7) is 3.22. The number of nitrogens with two attached hydrogens (primary N) is 1. The van der Waals surface area contributed by atoms with Crippen LogP contribution in [0.15, 0.2) is 48.5 Å². The maximum atomic E-state index is 6.09. The second-order valence-electron chi connectivity index (χ2n) is 5.49. The van der Waals surface area contributed by atoms with Crippen LogP contribution in [0.3, 0.4) is 0 Å². The van der Waals surface area contributed by atoms with Crippen LogP contribution in [0.4, 0.5) is 11.4 Å². The number of hydrogen-bond acceptors (Lipinski definition) is 2.